The third-order valence-electron chi connectivity index (χ3n) is 9.10. The molecule has 6 unspecified atom stereocenters. The van der Waals surface area contributed by atoms with E-state index in [1.807, 2.05) is 79.4 Å². The fourth-order valence-corrected chi connectivity index (χ4v) is 6.63. The number of piperidine rings is 1. The Morgan fingerprint density at radius 2 is 1.43 bits per heavy atom. The molecule has 2 aromatic rings. The number of nitrogens with zero attached hydrogens (tertiary/aromatic N) is 1. The quantitative estimate of drug-likeness (QED) is 0.157. The third-order valence-corrected chi connectivity index (χ3v) is 9.10. The van der Waals surface area contributed by atoms with Gasteiger partial charge < -0.3 is 32.3 Å². The number of carbonyl (C=O) groups excluding carboxylic acids is 4. The van der Waals surface area contributed by atoms with E-state index in [4.69, 9.17) is 11.5 Å². The van der Waals surface area contributed by atoms with Crippen LogP contribution in [0.3, 0.4) is 0 Å². The minimum atomic E-state index is -0.853. The van der Waals surface area contributed by atoms with Gasteiger partial charge in [-0.1, -0.05) is 74.5 Å². The summed E-state index contributed by atoms with van der Waals surface area (Å²) < 4.78 is 0. The van der Waals surface area contributed by atoms with Crippen LogP contribution in [0.1, 0.15) is 63.5 Å². The lowest BCUT2D eigenvalue weighted by Gasteiger charge is -2.54. The first-order valence-electron chi connectivity index (χ1n) is 16.9. The highest BCUT2D eigenvalue weighted by Gasteiger charge is 2.46. The number of ketones is 1. The van der Waals surface area contributed by atoms with Crippen LogP contribution in [0.2, 0.25) is 0 Å². The van der Waals surface area contributed by atoms with Gasteiger partial charge in [0.25, 0.3) is 0 Å². The van der Waals surface area contributed by atoms with Crippen LogP contribution in [0.25, 0.3) is 0 Å². The molecule has 0 spiro atoms. The Bertz CT molecular complexity index is 1280. The van der Waals surface area contributed by atoms with Gasteiger partial charge in [0.2, 0.25) is 17.7 Å². The zero-order chi connectivity index (χ0) is 33.1. The molecule has 0 radical (unpaired) electrons. The van der Waals surface area contributed by atoms with E-state index in [2.05, 4.69) is 16.0 Å². The molecule has 2 aliphatic rings. The van der Waals surface area contributed by atoms with E-state index in [9.17, 15) is 19.2 Å². The number of carbonyl (C=O) groups is 4. The van der Waals surface area contributed by atoms with Gasteiger partial charge in [-0.05, 0) is 68.5 Å². The first-order valence-corrected chi connectivity index (χ1v) is 16.9. The van der Waals surface area contributed by atoms with Gasteiger partial charge in [0, 0.05) is 37.5 Å². The number of piperazine rings is 1. The summed E-state index contributed by atoms with van der Waals surface area (Å²) in [4.78, 5) is 56.7. The Morgan fingerprint density at radius 3 is 2.00 bits per heavy atom. The fraction of sp³-hybridized carbons (Fsp3) is 0.556. The summed E-state index contributed by atoms with van der Waals surface area (Å²) in [6.07, 6.45) is 4.00. The lowest BCUT2D eigenvalue weighted by atomic mass is 9.86. The monoisotopic (exact) mass is 632 g/mol. The summed E-state index contributed by atoms with van der Waals surface area (Å²) in [5.41, 5.74) is 13.8. The summed E-state index contributed by atoms with van der Waals surface area (Å²) in [6.45, 7) is 6.06. The van der Waals surface area contributed by atoms with Crippen molar-refractivity contribution in [2.45, 2.75) is 95.4 Å². The van der Waals surface area contributed by atoms with Gasteiger partial charge in [0.1, 0.15) is 6.04 Å². The van der Waals surface area contributed by atoms with Crippen molar-refractivity contribution < 1.29 is 19.2 Å². The smallest absolute Gasteiger partial charge is 0.245 e. The van der Waals surface area contributed by atoms with Crippen molar-refractivity contribution in [1.82, 2.24) is 20.9 Å². The van der Waals surface area contributed by atoms with Crippen molar-refractivity contribution in [1.29, 1.82) is 0 Å². The molecule has 2 aromatic carbocycles. The van der Waals surface area contributed by atoms with Gasteiger partial charge in [-0.3, -0.25) is 19.2 Å². The Hall–Kier alpha value is -3.60. The molecular formula is C36H52N6O4. The molecule has 7 N–H and O–H groups in total. The number of fused-ring (bicyclic) bond motifs is 2. The van der Waals surface area contributed by atoms with Crippen molar-refractivity contribution in [2.24, 2.45) is 23.3 Å². The maximum atomic E-state index is 14.0. The molecular weight excluding hydrogens is 580 g/mol. The molecule has 250 valence electrons. The van der Waals surface area contributed by atoms with Gasteiger partial charge in [0.15, 0.2) is 5.78 Å². The summed E-state index contributed by atoms with van der Waals surface area (Å²) in [6, 6.07) is 17.0. The highest BCUT2D eigenvalue weighted by atomic mass is 16.2. The number of hydrogen-bond acceptors (Lipinski definition) is 7. The van der Waals surface area contributed by atoms with Gasteiger partial charge in [-0.15, -0.1) is 0 Å². The summed E-state index contributed by atoms with van der Waals surface area (Å²) in [5, 5.41) is 9.30. The van der Waals surface area contributed by atoms with Gasteiger partial charge in [0.05, 0.1) is 12.1 Å². The van der Waals surface area contributed by atoms with E-state index in [-0.39, 0.29) is 48.4 Å². The summed E-state index contributed by atoms with van der Waals surface area (Å²) in [5.74, 6) is -1.52. The van der Waals surface area contributed by atoms with Gasteiger partial charge in [-0.2, -0.15) is 0 Å². The van der Waals surface area contributed by atoms with E-state index < -0.39 is 30.0 Å². The number of nitrogens with one attached hydrogen (secondary N) is 3. The zero-order valence-corrected chi connectivity index (χ0v) is 27.3. The van der Waals surface area contributed by atoms with Crippen LogP contribution in [0.15, 0.2) is 60.7 Å². The van der Waals surface area contributed by atoms with E-state index in [1.54, 1.807) is 0 Å². The topological polar surface area (TPSA) is 160 Å². The van der Waals surface area contributed by atoms with Crippen LogP contribution in [-0.4, -0.2) is 78.2 Å². The number of amides is 3. The van der Waals surface area contributed by atoms with Crippen LogP contribution in [0, 0.1) is 11.8 Å². The molecule has 10 nitrogen and oxygen atoms in total. The average Bonchev–Trinajstić information content (AvgIpc) is 3.04. The molecule has 3 amide bonds. The molecule has 10 heteroatoms. The Labute approximate surface area is 273 Å². The van der Waals surface area contributed by atoms with E-state index in [0.717, 1.165) is 43.5 Å². The first-order chi connectivity index (χ1) is 22.2. The van der Waals surface area contributed by atoms with E-state index >= 15 is 0 Å². The fourth-order valence-electron chi connectivity index (χ4n) is 6.63. The SMILES string of the molecule is CC(C)CC(CC(=O)C(Cc1ccccc1)NC(=O)C(N)Cc1ccccc1)C(=O)NC(CCCCN)C(=O)N1C2CNCC1C2. The molecule has 0 aliphatic carbocycles. The lowest BCUT2D eigenvalue weighted by Crippen LogP contribution is -2.71. The number of benzene rings is 2. The standard InChI is InChI=1S/C36H52N6O4/c1-24(2)17-27(34(44)40-31(15-9-10-16-37)36(46)42-28-21-29(42)23-39-22-28)20-33(43)32(19-26-13-7-4-8-14-26)41-35(45)30(38)18-25-11-5-3-6-12-25/h3-8,11-14,24,27-32,39H,9-10,15-23,37-38H2,1-2H3,(H,40,44)(H,41,45). The number of rotatable bonds is 18. The van der Waals surface area contributed by atoms with Crippen LogP contribution >= 0.6 is 0 Å². The maximum absolute atomic E-state index is 14.0. The molecule has 4 rings (SSSR count). The molecule has 6 atom stereocenters. The van der Waals surface area contributed by atoms with Crippen LogP contribution in [-0.2, 0) is 32.0 Å². The van der Waals surface area contributed by atoms with Crippen molar-refractivity contribution in [2.75, 3.05) is 19.6 Å². The highest BCUT2D eigenvalue weighted by molar-refractivity contribution is 5.95. The molecule has 2 fully saturated rings. The van der Waals surface area contributed by atoms with E-state index in [0.29, 0.717) is 25.8 Å². The van der Waals surface area contributed by atoms with Crippen LogP contribution < -0.4 is 27.4 Å². The second kappa shape index (κ2) is 17.4. The molecule has 46 heavy (non-hydrogen) atoms. The van der Waals surface area contributed by atoms with Crippen LogP contribution in [0.5, 0.6) is 0 Å². The number of hydrogen-bond donors (Lipinski definition) is 5. The van der Waals surface area contributed by atoms with Crippen molar-refractivity contribution in [3.63, 3.8) is 0 Å². The molecule has 2 aliphatic heterocycles. The Morgan fingerprint density at radius 1 is 0.848 bits per heavy atom. The zero-order valence-electron chi connectivity index (χ0n) is 27.3. The lowest BCUT2D eigenvalue weighted by molar-refractivity contribution is -0.152. The van der Waals surface area contributed by atoms with Crippen molar-refractivity contribution >= 4 is 23.5 Å². The van der Waals surface area contributed by atoms with Crippen molar-refractivity contribution in [3.05, 3.63) is 71.8 Å². The molecule has 2 bridgehead atoms. The predicted octanol–water partition coefficient (Wildman–Crippen LogP) is 2.09. The maximum Gasteiger partial charge on any atom is 0.245 e. The third kappa shape index (κ3) is 9.95. The number of Topliss-reactive ketones (excluding diaryl/α,β-unsaturated/α-hetero) is 1. The molecule has 0 aromatic heterocycles. The largest absolute Gasteiger partial charge is 0.345 e. The molecule has 2 heterocycles. The van der Waals surface area contributed by atoms with Gasteiger partial charge >= 0.3 is 0 Å². The summed E-state index contributed by atoms with van der Waals surface area (Å²) in [7, 11) is 0. The predicted molar refractivity (Wildman–Crippen MR) is 180 cm³/mol. The van der Waals surface area contributed by atoms with Crippen LogP contribution in [0.4, 0.5) is 0 Å². The van der Waals surface area contributed by atoms with Crippen molar-refractivity contribution in [3.8, 4) is 0 Å². The highest BCUT2D eigenvalue weighted by Crippen LogP contribution is 2.30. The molecule has 0 saturated carbocycles. The number of unbranched alkanes of at least 4 members (excludes halogenated alkanes) is 1. The van der Waals surface area contributed by atoms with E-state index in [1.165, 1.54) is 0 Å². The first kappa shape index (κ1) is 35.3. The normalized spacial score (nSPS) is 19.8. The number of nitrogens with two attached hydrogens (primary N) is 2. The van der Waals surface area contributed by atoms with Gasteiger partial charge in [-0.25, -0.2) is 0 Å². The minimum absolute atomic E-state index is 0.0515. The average molecular weight is 633 g/mol. The second-order valence-electron chi connectivity index (χ2n) is 13.3. The Balaban J connectivity index is 1.47. The molecule has 2 saturated heterocycles. The second-order valence-corrected chi connectivity index (χ2v) is 13.3. The summed E-state index contributed by atoms with van der Waals surface area (Å²) >= 11 is 0. The Kier molecular flexibility index (Phi) is 13.3. The minimum Gasteiger partial charge on any atom is -0.345 e.